The number of fused-ring (bicyclic) bond motifs is 1. The Labute approximate surface area is 99.9 Å². The molecule has 1 N–H and O–H groups in total. The summed E-state index contributed by atoms with van der Waals surface area (Å²) >= 11 is 0. The first-order valence-electron chi connectivity index (χ1n) is 6.85. The van der Waals surface area contributed by atoms with Crippen molar-refractivity contribution in [2.75, 3.05) is 0 Å². The Bertz CT molecular complexity index is 292. The van der Waals surface area contributed by atoms with Crippen LogP contribution in [0.4, 0.5) is 0 Å². The number of hydrogen-bond donors (Lipinski definition) is 1. The fraction of sp³-hybridized carbons (Fsp3) is 0.867. The molecule has 0 amide bonds. The van der Waals surface area contributed by atoms with Crippen molar-refractivity contribution < 1.29 is 5.11 Å². The van der Waals surface area contributed by atoms with Gasteiger partial charge in [0, 0.05) is 5.92 Å². The fourth-order valence-corrected chi connectivity index (χ4v) is 3.79. The van der Waals surface area contributed by atoms with Crippen molar-refractivity contribution in [3.63, 3.8) is 0 Å². The van der Waals surface area contributed by atoms with Gasteiger partial charge in [-0.1, -0.05) is 32.4 Å². The Balaban J connectivity index is 2.32. The average Bonchev–Trinajstić information content (AvgIpc) is 2.21. The summed E-state index contributed by atoms with van der Waals surface area (Å²) in [6.45, 7) is 9.06. The first-order valence-corrected chi connectivity index (χ1v) is 6.85. The van der Waals surface area contributed by atoms with Crippen molar-refractivity contribution in [1.82, 2.24) is 0 Å². The SMILES string of the molecule is CC1=C[C@H]2[C@@H](C(C)C)CC[C@@H](C)[C@]2(O)CC1. The minimum absolute atomic E-state index is 0.407. The highest BCUT2D eigenvalue weighted by Gasteiger charge is 2.49. The second kappa shape index (κ2) is 4.18. The van der Waals surface area contributed by atoms with Gasteiger partial charge >= 0.3 is 0 Å². The van der Waals surface area contributed by atoms with E-state index in [1.165, 1.54) is 18.4 Å². The van der Waals surface area contributed by atoms with E-state index in [0.29, 0.717) is 23.7 Å². The van der Waals surface area contributed by atoms with Gasteiger partial charge in [0.25, 0.3) is 0 Å². The lowest BCUT2D eigenvalue weighted by molar-refractivity contribution is -0.111. The van der Waals surface area contributed by atoms with Gasteiger partial charge < -0.3 is 5.11 Å². The zero-order valence-corrected chi connectivity index (χ0v) is 11.2. The first-order chi connectivity index (χ1) is 7.45. The van der Waals surface area contributed by atoms with E-state index in [4.69, 9.17) is 0 Å². The summed E-state index contributed by atoms with van der Waals surface area (Å²) < 4.78 is 0. The summed E-state index contributed by atoms with van der Waals surface area (Å²) in [6.07, 6.45) is 6.93. The molecule has 2 aliphatic carbocycles. The van der Waals surface area contributed by atoms with Gasteiger partial charge in [-0.3, -0.25) is 0 Å². The van der Waals surface area contributed by atoms with Crippen LogP contribution < -0.4 is 0 Å². The molecule has 0 bridgehead atoms. The highest BCUT2D eigenvalue weighted by molar-refractivity contribution is 5.17. The second-order valence-electron chi connectivity index (χ2n) is 6.42. The first kappa shape index (κ1) is 12.2. The molecule has 4 atom stereocenters. The van der Waals surface area contributed by atoms with E-state index in [2.05, 4.69) is 33.8 Å². The zero-order chi connectivity index (χ0) is 11.9. The van der Waals surface area contributed by atoms with E-state index in [-0.39, 0.29) is 0 Å². The molecular weight excluding hydrogens is 196 g/mol. The van der Waals surface area contributed by atoms with Crippen LogP contribution in [0.1, 0.15) is 53.4 Å². The van der Waals surface area contributed by atoms with Crippen LogP contribution in [0.25, 0.3) is 0 Å². The highest BCUT2D eigenvalue weighted by atomic mass is 16.3. The molecule has 1 fully saturated rings. The van der Waals surface area contributed by atoms with Gasteiger partial charge in [-0.2, -0.15) is 0 Å². The summed E-state index contributed by atoms with van der Waals surface area (Å²) in [5, 5.41) is 11.0. The smallest absolute Gasteiger partial charge is 0.0741 e. The Hall–Kier alpha value is -0.300. The van der Waals surface area contributed by atoms with Gasteiger partial charge in [0.2, 0.25) is 0 Å². The molecule has 92 valence electrons. The maximum absolute atomic E-state index is 11.0. The summed E-state index contributed by atoms with van der Waals surface area (Å²) in [4.78, 5) is 0. The molecule has 0 saturated heterocycles. The van der Waals surface area contributed by atoms with Gasteiger partial charge in [-0.25, -0.2) is 0 Å². The van der Waals surface area contributed by atoms with E-state index in [1.807, 2.05) is 0 Å². The van der Waals surface area contributed by atoms with Crippen LogP contribution in [0.3, 0.4) is 0 Å². The van der Waals surface area contributed by atoms with Crippen LogP contribution in [0.2, 0.25) is 0 Å². The van der Waals surface area contributed by atoms with Gasteiger partial charge in [0.15, 0.2) is 0 Å². The number of aliphatic hydroxyl groups is 1. The normalized spacial score (nSPS) is 44.1. The second-order valence-corrected chi connectivity index (χ2v) is 6.42. The van der Waals surface area contributed by atoms with Gasteiger partial charge in [0.1, 0.15) is 0 Å². The summed E-state index contributed by atoms with van der Waals surface area (Å²) in [5.41, 5.74) is 1.07. The topological polar surface area (TPSA) is 20.2 Å². The Kier molecular flexibility index (Phi) is 3.18. The number of allylic oxidation sites excluding steroid dienone is 1. The molecule has 1 nitrogen and oxygen atoms in total. The molecule has 0 aromatic carbocycles. The van der Waals surface area contributed by atoms with Crippen LogP contribution in [-0.4, -0.2) is 10.7 Å². The monoisotopic (exact) mass is 222 g/mol. The van der Waals surface area contributed by atoms with Gasteiger partial charge in [-0.05, 0) is 50.4 Å². The van der Waals surface area contributed by atoms with E-state index in [0.717, 1.165) is 12.8 Å². The van der Waals surface area contributed by atoms with Crippen molar-refractivity contribution in [1.29, 1.82) is 0 Å². The summed E-state index contributed by atoms with van der Waals surface area (Å²) in [5.74, 6) is 2.24. The molecule has 0 unspecified atom stereocenters. The number of rotatable bonds is 1. The lowest BCUT2D eigenvalue weighted by Crippen LogP contribution is -2.52. The molecule has 2 rings (SSSR count). The van der Waals surface area contributed by atoms with Crippen molar-refractivity contribution in [2.24, 2.45) is 23.7 Å². The average molecular weight is 222 g/mol. The van der Waals surface area contributed by atoms with Crippen LogP contribution in [-0.2, 0) is 0 Å². The molecule has 0 aromatic heterocycles. The Morgan fingerprint density at radius 3 is 2.69 bits per heavy atom. The van der Waals surface area contributed by atoms with Crippen molar-refractivity contribution in [3.05, 3.63) is 11.6 Å². The lowest BCUT2D eigenvalue weighted by atomic mass is 9.57. The molecule has 0 radical (unpaired) electrons. The van der Waals surface area contributed by atoms with Gasteiger partial charge in [0.05, 0.1) is 5.60 Å². The molecule has 16 heavy (non-hydrogen) atoms. The quantitative estimate of drug-likeness (QED) is 0.669. The maximum Gasteiger partial charge on any atom is 0.0741 e. The molecule has 0 spiro atoms. The minimum Gasteiger partial charge on any atom is -0.389 e. The van der Waals surface area contributed by atoms with E-state index in [1.54, 1.807) is 0 Å². The molecule has 0 aromatic rings. The standard InChI is InChI=1S/C15H26O/c1-10(2)13-6-5-12(4)15(16)8-7-11(3)9-14(13)15/h9-10,12-14,16H,5-8H2,1-4H3/t12-,13-,14+,15-/m1/s1. The number of hydrogen-bond acceptors (Lipinski definition) is 1. The zero-order valence-electron chi connectivity index (χ0n) is 11.2. The van der Waals surface area contributed by atoms with Crippen LogP contribution in [0.15, 0.2) is 11.6 Å². The molecule has 0 heterocycles. The Morgan fingerprint density at radius 2 is 2.06 bits per heavy atom. The molecular formula is C15H26O. The fourth-order valence-electron chi connectivity index (χ4n) is 3.79. The van der Waals surface area contributed by atoms with Crippen LogP contribution >= 0.6 is 0 Å². The predicted molar refractivity (Wildman–Crippen MR) is 68.2 cm³/mol. The molecule has 0 aliphatic heterocycles. The third-order valence-electron chi connectivity index (χ3n) is 5.07. The highest BCUT2D eigenvalue weighted by Crippen LogP contribution is 2.50. The predicted octanol–water partition coefficient (Wildman–Crippen LogP) is 3.78. The lowest BCUT2D eigenvalue weighted by Gasteiger charge is -2.51. The largest absolute Gasteiger partial charge is 0.389 e. The van der Waals surface area contributed by atoms with Crippen molar-refractivity contribution in [2.45, 2.75) is 59.0 Å². The van der Waals surface area contributed by atoms with Gasteiger partial charge in [-0.15, -0.1) is 0 Å². The van der Waals surface area contributed by atoms with Crippen LogP contribution in [0, 0.1) is 23.7 Å². The molecule has 1 heteroatoms. The summed E-state index contributed by atoms with van der Waals surface area (Å²) in [6, 6.07) is 0. The summed E-state index contributed by atoms with van der Waals surface area (Å²) in [7, 11) is 0. The van der Waals surface area contributed by atoms with E-state index >= 15 is 0 Å². The van der Waals surface area contributed by atoms with Crippen molar-refractivity contribution >= 4 is 0 Å². The molecule has 2 aliphatic rings. The third kappa shape index (κ3) is 1.84. The Morgan fingerprint density at radius 1 is 1.38 bits per heavy atom. The van der Waals surface area contributed by atoms with E-state index < -0.39 is 5.60 Å². The van der Waals surface area contributed by atoms with Crippen LogP contribution in [0.5, 0.6) is 0 Å². The minimum atomic E-state index is -0.410. The maximum atomic E-state index is 11.0. The van der Waals surface area contributed by atoms with E-state index in [9.17, 15) is 5.11 Å². The third-order valence-corrected chi connectivity index (χ3v) is 5.07. The molecule has 1 saturated carbocycles. The van der Waals surface area contributed by atoms with Crippen molar-refractivity contribution in [3.8, 4) is 0 Å².